The molecule has 19 heavy (non-hydrogen) atoms. The summed E-state index contributed by atoms with van der Waals surface area (Å²) in [5.41, 5.74) is 2.85. The van der Waals surface area contributed by atoms with E-state index < -0.39 is 15.6 Å². The Labute approximate surface area is 116 Å². The topological polar surface area (TPSA) is 55.4 Å². The first-order valence-electron chi connectivity index (χ1n) is 6.23. The van der Waals surface area contributed by atoms with E-state index in [0.717, 1.165) is 22.3 Å². The molecule has 0 atom stereocenters. The van der Waals surface area contributed by atoms with Gasteiger partial charge >= 0.3 is 0 Å². The third-order valence-corrected chi connectivity index (χ3v) is 4.48. The maximum atomic E-state index is 12.4. The molecule has 0 saturated heterocycles. The second-order valence-corrected chi connectivity index (χ2v) is 7.47. The molecule has 0 aliphatic heterocycles. The van der Waals surface area contributed by atoms with Crippen molar-refractivity contribution in [1.82, 2.24) is 4.89 Å². The van der Waals surface area contributed by atoms with Gasteiger partial charge in [0.25, 0.3) is 10.0 Å². The van der Waals surface area contributed by atoms with Gasteiger partial charge in [-0.15, -0.1) is 0 Å². The first-order valence-corrected chi connectivity index (χ1v) is 7.71. The molecule has 0 heterocycles. The van der Waals surface area contributed by atoms with E-state index in [1.165, 1.54) is 0 Å². The molecule has 0 aliphatic carbocycles. The highest BCUT2D eigenvalue weighted by Gasteiger charge is 2.24. The summed E-state index contributed by atoms with van der Waals surface area (Å²) in [5, 5.41) is 0. The highest BCUT2D eigenvalue weighted by Crippen LogP contribution is 2.26. The van der Waals surface area contributed by atoms with Crippen LogP contribution in [0.5, 0.6) is 0 Å². The number of sulfonamides is 1. The standard InChI is InChI=1S/C14H23NO3S/c1-9-8-10(2)12(4)13(11(9)3)19(16,17)15-18-14(5,6)7/h8,15H,1-7H3. The Morgan fingerprint density at radius 3 is 1.79 bits per heavy atom. The summed E-state index contributed by atoms with van der Waals surface area (Å²) >= 11 is 0. The minimum Gasteiger partial charge on any atom is -0.281 e. The van der Waals surface area contributed by atoms with E-state index in [9.17, 15) is 8.42 Å². The van der Waals surface area contributed by atoms with Gasteiger partial charge in [-0.25, -0.2) is 8.42 Å². The van der Waals surface area contributed by atoms with Crippen LogP contribution in [-0.2, 0) is 14.9 Å². The quantitative estimate of drug-likeness (QED) is 0.869. The van der Waals surface area contributed by atoms with Gasteiger partial charge in [-0.3, -0.25) is 4.84 Å². The van der Waals surface area contributed by atoms with Gasteiger partial charge in [0.1, 0.15) is 0 Å². The van der Waals surface area contributed by atoms with Gasteiger partial charge in [-0.05, 0) is 70.7 Å². The van der Waals surface area contributed by atoms with Gasteiger partial charge in [-0.1, -0.05) is 11.0 Å². The first-order chi connectivity index (χ1) is 8.46. The number of hydrogen-bond donors (Lipinski definition) is 1. The molecule has 4 nitrogen and oxygen atoms in total. The Balaban J connectivity index is 3.30. The Bertz CT molecular complexity index is 557. The maximum absolute atomic E-state index is 12.4. The van der Waals surface area contributed by atoms with Crippen LogP contribution in [0.1, 0.15) is 43.0 Å². The fourth-order valence-electron chi connectivity index (χ4n) is 1.81. The summed E-state index contributed by atoms with van der Waals surface area (Å²) in [4.78, 5) is 7.74. The summed E-state index contributed by atoms with van der Waals surface area (Å²) in [6, 6.07) is 1.99. The van der Waals surface area contributed by atoms with E-state index in [1.54, 1.807) is 20.8 Å². The van der Waals surface area contributed by atoms with Crippen molar-refractivity contribution in [1.29, 1.82) is 0 Å². The molecule has 0 aliphatic rings. The van der Waals surface area contributed by atoms with Gasteiger partial charge in [0, 0.05) is 0 Å². The monoisotopic (exact) mass is 285 g/mol. The number of nitrogens with one attached hydrogen (secondary N) is 1. The lowest BCUT2D eigenvalue weighted by Gasteiger charge is -2.21. The Morgan fingerprint density at radius 1 is 1.00 bits per heavy atom. The first kappa shape index (κ1) is 16.1. The number of rotatable bonds is 3. The van der Waals surface area contributed by atoms with Crippen LogP contribution in [-0.4, -0.2) is 14.0 Å². The summed E-state index contributed by atoms with van der Waals surface area (Å²) in [6.07, 6.45) is 0. The van der Waals surface area contributed by atoms with Crippen molar-refractivity contribution in [3.63, 3.8) is 0 Å². The van der Waals surface area contributed by atoms with Crippen molar-refractivity contribution in [3.8, 4) is 0 Å². The predicted molar refractivity (Wildman–Crippen MR) is 76.5 cm³/mol. The lowest BCUT2D eigenvalue weighted by molar-refractivity contribution is -0.0358. The van der Waals surface area contributed by atoms with E-state index in [2.05, 4.69) is 4.89 Å². The molecule has 0 radical (unpaired) electrons. The minimum absolute atomic E-state index is 0.314. The smallest absolute Gasteiger partial charge is 0.263 e. The summed E-state index contributed by atoms with van der Waals surface area (Å²) < 4.78 is 24.8. The second-order valence-electron chi connectivity index (χ2n) is 5.89. The largest absolute Gasteiger partial charge is 0.281 e. The highest BCUT2D eigenvalue weighted by molar-refractivity contribution is 7.89. The fraction of sp³-hybridized carbons (Fsp3) is 0.571. The molecule has 1 aromatic carbocycles. The van der Waals surface area contributed by atoms with E-state index in [-0.39, 0.29) is 0 Å². The van der Waals surface area contributed by atoms with Crippen LogP contribution in [0.3, 0.4) is 0 Å². The Hall–Kier alpha value is -0.910. The van der Waals surface area contributed by atoms with E-state index in [0.29, 0.717) is 4.90 Å². The Kier molecular flexibility index (Phi) is 4.44. The fourth-order valence-corrected chi connectivity index (χ4v) is 3.38. The van der Waals surface area contributed by atoms with Crippen LogP contribution < -0.4 is 4.89 Å². The normalized spacial score (nSPS) is 12.8. The molecule has 1 rings (SSSR count). The van der Waals surface area contributed by atoms with Crippen molar-refractivity contribution in [2.75, 3.05) is 0 Å². The number of aryl methyl sites for hydroxylation is 2. The molecular weight excluding hydrogens is 262 g/mol. The van der Waals surface area contributed by atoms with Gasteiger partial charge in [0.15, 0.2) is 0 Å². The lowest BCUT2D eigenvalue weighted by Crippen LogP contribution is -2.34. The predicted octanol–water partition coefficient (Wildman–Crippen LogP) is 2.93. The maximum Gasteiger partial charge on any atom is 0.263 e. The third kappa shape index (κ3) is 3.78. The van der Waals surface area contributed by atoms with Gasteiger partial charge in [0.2, 0.25) is 0 Å². The molecule has 108 valence electrons. The molecule has 0 spiro atoms. The average Bonchev–Trinajstić information content (AvgIpc) is 2.23. The van der Waals surface area contributed by atoms with E-state index >= 15 is 0 Å². The zero-order chi connectivity index (χ0) is 15.0. The molecule has 0 saturated carbocycles. The molecule has 1 N–H and O–H groups in total. The molecule has 0 fully saturated rings. The summed E-state index contributed by atoms with van der Waals surface area (Å²) in [6.45, 7) is 12.8. The van der Waals surface area contributed by atoms with Gasteiger partial charge in [-0.2, -0.15) is 0 Å². The summed E-state index contributed by atoms with van der Waals surface area (Å²) in [5.74, 6) is 0. The van der Waals surface area contributed by atoms with Crippen LogP contribution >= 0.6 is 0 Å². The average molecular weight is 285 g/mol. The molecule has 0 bridgehead atoms. The highest BCUT2D eigenvalue weighted by atomic mass is 32.2. The summed E-state index contributed by atoms with van der Waals surface area (Å²) in [7, 11) is -3.67. The van der Waals surface area contributed by atoms with E-state index in [4.69, 9.17) is 4.84 Å². The lowest BCUT2D eigenvalue weighted by atomic mass is 10.0. The van der Waals surface area contributed by atoms with E-state index in [1.807, 2.05) is 33.8 Å². The van der Waals surface area contributed by atoms with Crippen molar-refractivity contribution < 1.29 is 13.3 Å². The van der Waals surface area contributed by atoms with Crippen LogP contribution in [0.4, 0.5) is 0 Å². The second kappa shape index (κ2) is 5.23. The van der Waals surface area contributed by atoms with Crippen molar-refractivity contribution >= 4 is 10.0 Å². The molecule has 0 unspecified atom stereocenters. The zero-order valence-electron chi connectivity index (χ0n) is 12.7. The molecule has 0 aromatic heterocycles. The van der Waals surface area contributed by atoms with Gasteiger partial charge < -0.3 is 0 Å². The van der Waals surface area contributed by atoms with Crippen LogP contribution in [0.2, 0.25) is 0 Å². The third-order valence-electron chi connectivity index (χ3n) is 3.02. The Morgan fingerprint density at radius 2 is 1.42 bits per heavy atom. The number of hydrogen-bond acceptors (Lipinski definition) is 3. The van der Waals surface area contributed by atoms with Gasteiger partial charge in [0.05, 0.1) is 10.5 Å². The molecule has 1 aromatic rings. The van der Waals surface area contributed by atoms with Crippen LogP contribution in [0, 0.1) is 27.7 Å². The molecule has 0 amide bonds. The van der Waals surface area contributed by atoms with Crippen LogP contribution in [0.15, 0.2) is 11.0 Å². The van der Waals surface area contributed by atoms with Crippen molar-refractivity contribution in [3.05, 3.63) is 28.3 Å². The SMILES string of the molecule is Cc1cc(C)c(C)c(S(=O)(=O)NOC(C)(C)C)c1C. The van der Waals surface area contributed by atoms with Crippen LogP contribution in [0.25, 0.3) is 0 Å². The van der Waals surface area contributed by atoms with Crippen molar-refractivity contribution in [2.24, 2.45) is 0 Å². The zero-order valence-corrected chi connectivity index (χ0v) is 13.5. The number of benzene rings is 1. The van der Waals surface area contributed by atoms with Crippen molar-refractivity contribution in [2.45, 2.75) is 59.0 Å². The molecular formula is C14H23NO3S. The minimum atomic E-state index is -3.67. The molecule has 5 heteroatoms.